The molecule has 1 aromatic rings. The van der Waals surface area contributed by atoms with E-state index in [1.54, 1.807) is 0 Å². The van der Waals surface area contributed by atoms with Crippen LogP contribution < -0.4 is 10.5 Å². The topological polar surface area (TPSA) is 35.2 Å². The van der Waals surface area contributed by atoms with E-state index in [1.807, 2.05) is 18.2 Å². The molecule has 0 saturated heterocycles. The van der Waals surface area contributed by atoms with E-state index in [2.05, 4.69) is 22.9 Å². The Bertz CT molecular complexity index is 276. The summed E-state index contributed by atoms with van der Waals surface area (Å²) in [7, 11) is 0. The second kappa shape index (κ2) is 5.12. The summed E-state index contributed by atoms with van der Waals surface area (Å²) in [6.07, 6.45) is 2.21. The Hall–Kier alpha value is -0.700. The van der Waals surface area contributed by atoms with E-state index in [0.717, 1.165) is 29.7 Å². The standard InChI is InChI=1S/C10H14BrNO/c1-2-3-7-13-9-6-4-5-8(12)10(9)11/h4-6H,2-3,7,12H2,1H3. The van der Waals surface area contributed by atoms with E-state index in [1.165, 1.54) is 0 Å². The lowest BCUT2D eigenvalue weighted by molar-refractivity contribution is 0.308. The van der Waals surface area contributed by atoms with Crippen LogP contribution in [0.2, 0.25) is 0 Å². The Morgan fingerprint density at radius 2 is 2.23 bits per heavy atom. The molecule has 2 N–H and O–H groups in total. The van der Waals surface area contributed by atoms with Crippen LogP contribution in [0.3, 0.4) is 0 Å². The van der Waals surface area contributed by atoms with Crippen molar-refractivity contribution in [3.63, 3.8) is 0 Å². The van der Waals surface area contributed by atoms with Gasteiger partial charge in [0.15, 0.2) is 0 Å². The van der Waals surface area contributed by atoms with Gasteiger partial charge in [0.05, 0.1) is 11.1 Å². The van der Waals surface area contributed by atoms with E-state index in [0.29, 0.717) is 5.69 Å². The van der Waals surface area contributed by atoms with Gasteiger partial charge in [-0.25, -0.2) is 0 Å². The van der Waals surface area contributed by atoms with Gasteiger partial charge in [0.25, 0.3) is 0 Å². The van der Waals surface area contributed by atoms with Crippen LogP contribution in [0.1, 0.15) is 19.8 Å². The molecule has 0 fully saturated rings. The highest BCUT2D eigenvalue weighted by Gasteiger charge is 2.02. The largest absolute Gasteiger partial charge is 0.492 e. The van der Waals surface area contributed by atoms with E-state index in [-0.39, 0.29) is 0 Å². The quantitative estimate of drug-likeness (QED) is 0.652. The molecule has 2 nitrogen and oxygen atoms in total. The first-order valence-electron chi connectivity index (χ1n) is 4.42. The zero-order valence-electron chi connectivity index (χ0n) is 7.72. The van der Waals surface area contributed by atoms with Crippen LogP contribution in [-0.2, 0) is 0 Å². The van der Waals surface area contributed by atoms with Crippen LogP contribution in [0.4, 0.5) is 5.69 Å². The zero-order valence-corrected chi connectivity index (χ0v) is 9.30. The molecule has 0 heterocycles. The first kappa shape index (κ1) is 10.4. The van der Waals surface area contributed by atoms with Crippen molar-refractivity contribution in [2.75, 3.05) is 12.3 Å². The second-order valence-corrected chi connectivity index (χ2v) is 3.65. The molecule has 13 heavy (non-hydrogen) atoms. The molecule has 0 radical (unpaired) electrons. The van der Waals surface area contributed by atoms with Gasteiger partial charge in [-0.15, -0.1) is 0 Å². The lowest BCUT2D eigenvalue weighted by atomic mass is 10.3. The maximum absolute atomic E-state index is 5.70. The molecule has 72 valence electrons. The van der Waals surface area contributed by atoms with Crippen LogP contribution in [0.25, 0.3) is 0 Å². The number of hydrogen-bond donors (Lipinski definition) is 1. The Labute approximate surface area is 87.2 Å². The van der Waals surface area contributed by atoms with Crippen LogP contribution in [0, 0.1) is 0 Å². The molecule has 0 aliphatic rings. The number of benzene rings is 1. The number of nitrogen functional groups attached to an aromatic ring is 1. The SMILES string of the molecule is CCCCOc1cccc(N)c1Br. The summed E-state index contributed by atoms with van der Waals surface area (Å²) < 4.78 is 6.38. The van der Waals surface area contributed by atoms with Gasteiger partial charge in [-0.05, 0) is 34.5 Å². The molecular formula is C10H14BrNO. The molecule has 1 rings (SSSR count). The van der Waals surface area contributed by atoms with Gasteiger partial charge in [0, 0.05) is 5.69 Å². The normalized spacial score (nSPS) is 10.0. The number of unbranched alkanes of at least 4 members (excludes halogenated alkanes) is 1. The average molecular weight is 244 g/mol. The molecule has 0 aliphatic heterocycles. The number of ether oxygens (including phenoxy) is 1. The number of hydrogen-bond acceptors (Lipinski definition) is 2. The average Bonchev–Trinajstić information content (AvgIpc) is 2.13. The minimum Gasteiger partial charge on any atom is -0.492 e. The highest BCUT2D eigenvalue weighted by atomic mass is 79.9. The third-order valence-corrected chi connectivity index (χ3v) is 2.60. The lowest BCUT2D eigenvalue weighted by Crippen LogP contribution is -1.98. The maximum atomic E-state index is 5.70. The highest BCUT2D eigenvalue weighted by molar-refractivity contribution is 9.10. The number of rotatable bonds is 4. The third kappa shape index (κ3) is 2.92. The van der Waals surface area contributed by atoms with Gasteiger partial charge in [0.1, 0.15) is 5.75 Å². The van der Waals surface area contributed by atoms with Crippen LogP contribution in [0.5, 0.6) is 5.75 Å². The molecule has 0 spiro atoms. The van der Waals surface area contributed by atoms with Crippen molar-refractivity contribution in [3.05, 3.63) is 22.7 Å². The smallest absolute Gasteiger partial charge is 0.135 e. The zero-order chi connectivity index (χ0) is 9.68. The molecule has 0 saturated carbocycles. The predicted octanol–water partition coefficient (Wildman–Crippen LogP) is 3.21. The van der Waals surface area contributed by atoms with Gasteiger partial charge in [0.2, 0.25) is 0 Å². The van der Waals surface area contributed by atoms with E-state index in [4.69, 9.17) is 10.5 Å². The molecule has 0 atom stereocenters. The summed E-state index contributed by atoms with van der Waals surface area (Å²) in [6, 6.07) is 5.65. The summed E-state index contributed by atoms with van der Waals surface area (Å²) in [5, 5.41) is 0. The summed E-state index contributed by atoms with van der Waals surface area (Å²) in [5.41, 5.74) is 6.41. The third-order valence-electron chi connectivity index (χ3n) is 1.75. The lowest BCUT2D eigenvalue weighted by Gasteiger charge is -2.08. The molecule has 0 aliphatic carbocycles. The minimum absolute atomic E-state index is 0.717. The Kier molecular flexibility index (Phi) is 4.09. The highest BCUT2D eigenvalue weighted by Crippen LogP contribution is 2.30. The van der Waals surface area contributed by atoms with E-state index < -0.39 is 0 Å². The van der Waals surface area contributed by atoms with Gasteiger partial charge < -0.3 is 10.5 Å². The summed E-state index contributed by atoms with van der Waals surface area (Å²) >= 11 is 3.38. The van der Waals surface area contributed by atoms with Crippen molar-refractivity contribution in [2.45, 2.75) is 19.8 Å². The van der Waals surface area contributed by atoms with Crippen LogP contribution >= 0.6 is 15.9 Å². The molecule has 0 aromatic heterocycles. The van der Waals surface area contributed by atoms with Gasteiger partial charge in [-0.1, -0.05) is 19.4 Å². The van der Waals surface area contributed by atoms with Crippen molar-refractivity contribution >= 4 is 21.6 Å². The van der Waals surface area contributed by atoms with Crippen LogP contribution in [-0.4, -0.2) is 6.61 Å². The maximum Gasteiger partial charge on any atom is 0.135 e. The first-order chi connectivity index (χ1) is 6.25. The summed E-state index contributed by atoms with van der Waals surface area (Å²) in [6.45, 7) is 2.89. The number of nitrogens with two attached hydrogens (primary N) is 1. The fraction of sp³-hybridized carbons (Fsp3) is 0.400. The molecule has 0 bridgehead atoms. The monoisotopic (exact) mass is 243 g/mol. The minimum atomic E-state index is 0.717. The molecule has 3 heteroatoms. The Balaban J connectivity index is 2.61. The fourth-order valence-electron chi connectivity index (χ4n) is 0.966. The Morgan fingerprint density at radius 3 is 2.92 bits per heavy atom. The van der Waals surface area contributed by atoms with Gasteiger partial charge >= 0.3 is 0 Å². The fourth-order valence-corrected chi connectivity index (χ4v) is 1.34. The summed E-state index contributed by atoms with van der Waals surface area (Å²) in [4.78, 5) is 0. The van der Waals surface area contributed by atoms with Crippen molar-refractivity contribution in [1.29, 1.82) is 0 Å². The van der Waals surface area contributed by atoms with Crippen molar-refractivity contribution in [3.8, 4) is 5.75 Å². The first-order valence-corrected chi connectivity index (χ1v) is 5.21. The predicted molar refractivity (Wildman–Crippen MR) is 59.0 cm³/mol. The van der Waals surface area contributed by atoms with Crippen LogP contribution in [0.15, 0.2) is 22.7 Å². The molecule has 0 unspecified atom stereocenters. The molecule has 1 aromatic carbocycles. The van der Waals surface area contributed by atoms with Gasteiger partial charge in [-0.2, -0.15) is 0 Å². The Morgan fingerprint density at radius 1 is 1.46 bits per heavy atom. The second-order valence-electron chi connectivity index (χ2n) is 2.86. The summed E-state index contributed by atoms with van der Waals surface area (Å²) in [5.74, 6) is 0.827. The number of halogens is 1. The number of anilines is 1. The van der Waals surface area contributed by atoms with Crippen molar-refractivity contribution < 1.29 is 4.74 Å². The van der Waals surface area contributed by atoms with E-state index >= 15 is 0 Å². The molecule has 0 amide bonds. The van der Waals surface area contributed by atoms with E-state index in [9.17, 15) is 0 Å². The van der Waals surface area contributed by atoms with Gasteiger partial charge in [-0.3, -0.25) is 0 Å². The molecular weight excluding hydrogens is 230 g/mol. The van der Waals surface area contributed by atoms with Crippen molar-refractivity contribution in [1.82, 2.24) is 0 Å². The van der Waals surface area contributed by atoms with Crippen molar-refractivity contribution in [2.24, 2.45) is 0 Å².